The number of carbonyl (C=O) groups excluding carboxylic acids is 2. The first-order valence-electron chi connectivity index (χ1n) is 7.03. The second kappa shape index (κ2) is 7.15. The van der Waals surface area contributed by atoms with E-state index < -0.39 is 12.2 Å². The van der Waals surface area contributed by atoms with Crippen LogP contribution in [0.25, 0.3) is 0 Å². The van der Waals surface area contributed by atoms with Crippen LogP contribution in [0.2, 0.25) is 0 Å². The monoisotopic (exact) mass is 309 g/mol. The number of benzene rings is 1. The number of hydrogen-bond donors (Lipinski definition) is 0. The molecule has 122 valence electrons. The van der Waals surface area contributed by atoms with Crippen LogP contribution < -0.4 is 9.47 Å². The topological polar surface area (TPSA) is 65.1 Å². The lowest BCUT2D eigenvalue weighted by Gasteiger charge is -2.21. The number of amides is 1. The van der Waals surface area contributed by atoms with Gasteiger partial charge < -0.3 is 19.1 Å². The van der Waals surface area contributed by atoms with Gasteiger partial charge in [0.1, 0.15) is 0 Å². The Hall–Kier alpha value is -2.24. The molecular formula is C16H23NO5. The van der Waals surface area contributed by atoms with Gasteiger partial charge in [0.15, 0.2) is 11.5 Å². The fourth-order valence-corrected chi connectivity index (χ4v) is 1.56. The molecule has 0 bridgehead atoms. The van der Waals surface area contributed by atoms with Gasteiger partial charge in [0.05, 0.1) is 6.61 Å². The average Bonchev–Trinajstić information content (AvgIpc) is 2.39. The lowest BCUT2D eigenvalue weighted by atomic mass is 9.87. The summed E-state index contributed by atoms with van der Waals surface area (Å²) in [6.45, 7) is 7.97. The van der Waals surface area contributed by atoms with Crippen LogP contribution in [0, 0.1) is 0 Å². The van der Waals surface area contributed by atoms with E-state index in [2.05, 4.69) is 0 Å². The molecule has 6 heteroatoms. The van der Waals surface area contributed by atoms with E-state index in [9.17, 15) is 9.59 Å². The van der Waals surface area contributed by atoms with Gasteiger partial charge in [0.2, 0.25) is 0 Å². The van der Waals surface area contributed by atoms with Crippen molar-refractivity contribution < 1.29 is 23.8 Å². The number of nitrogens with zero attached hydrogens (tertiary/aromatic N) is 1. The molecule has 0 fully saturated rings. The molecule has 6 nitrogen and oxygen atoms in total. The summed E-state index contributed by atoms with van der Waals surface area (Å²) in [6.07, 6.45) is -1.40. The number of carbonyl (C=O) groups is 2. The Balaban J connectivity index is 3.13. The summed E-state index contributed by atoms with van der Waals surface area (Å²) in [5.74, 6) is 0.320. The quantitative estimate of drug-likeness (QED) is 0.630. The van der Waals surface area contributed by atoms with Gasteiger partial charge in [-0.15, -0.1) is 0 Å². The third kappa shape index (κ3) is 4.95. The van der Waals surface area contributed by atoms with Gasteiger partial charge >= 0.3 is 12.2 Å². The largest absolute Gasteiger partial charge is 0.513 e. The van der Waals surface area contributed by atoms with E-state index in [0.29, 0.717) is 0 Å². The van der Waals surface area contributed by atoms with Gasteiger partial charge in [-0.25, -0.2) is 9.59 Å². The van der Waals surface area contributed by atoms with Gasteiger partial charge in [-0.3, -0.25) is 0 Å². The molecule has 1 aromatic carbocycles. The van der Waals surface area contributed by atoms with Crippen molar-refractivity contribution in [3.05, 3.63) is 23.8 Å². The van der Waals surface area contributed by atoms with Gasteiger partial charge in [0.25, 0.3) is 0 Å². The van der Waals surface area contributed by atoms with E-state index in [1.165, 1.54) is 4.90 Å². The highest BCUT2D eigenvalue weighted by atomic mass is 16.7. The average molecular weight is 309 g/mol. The molecule has 0 aliphatic carbocycles. The minimum absolute atomic E-state index is 0.142. The maximum Gasteiger partial charge on any atom is 0.513 e. The summed E-state index contributed by atoms with van der Waals surface area (Å²) >= 11 is 0. The van der Waals surface area contributed by atoms with Gasteiger partial charge in [-0.2, -0.15) is 0 Å². The van der Waals surface area contributed by atoms with Crippen LogP contribution in [0.3, 0.4) is 0 Å². The van der Waals surface area contributed by atoms with Crippen LogP contribution in [0.1, 0.15) is 33.3 Å². The predicted octanol–water partition coefficient (Wildman–Crippen LogP) is 3.58. The molecule has 0 atom stereocenters. The van der Waals surface area contributed by atoms with Gasteiger partial charge in [-0.05, 0) is 30.0 Å². The van der Waals surface area contributed by atoms with E-state index in [-0.39, 0.29) is 23.5 Å². The molecule has 0 unspecified atom stereocenters. The second-order valence-corrected chi connectivity index (χ2v) is 5.96. The highest BCUT2D eigenvalue weighted by Gasteiger charge is 2.20. The van der Waals surface area contributed by atoms with Crippen molar-refractivity contribution in [2.75, 3.05) is 20.7 Å². The molecule has 22 heavy (non-hydrogen) atoms. The van der Waals surface area contributed by atoms with Crippen molar-refractivity contribution in [3.8, 4) is 11.5 Å². The summed E-state index contributed by atoms with van der Waals surface area (Å²) in [5.41, 5.74) is 0.799. The van der Waals surface area contributed by atoms with E-state index in [4.69, 9.17) is 14.2 Å². The summed E-state index contributed by atoms with van der Waals surface area (Å²) in [6, 6.07) is 5.11. The molecule has 1 amide bonds. The fraction of sp³-hybridized carbons (Fsp3) is 0.500. The SMILES string of the molecule is CCOC(=O)Oc1cc(C(C)(C)C)ccc1OC(=O)N(C)C. The zero-order valence-electron chi connectivity index (χ0n) is 13.9. The molecule has 0 saturated heterocycles. The molecule has 1 aromatic rings. The molecule has 0 N–H and O–H groups in total. The normalized spacial score (nSPS) is 10.8. The van der Waals surface area contributed by atoms with E-state index >= 15 is 0 Å². The maximum absolute atomic E-state index is 11.7. The number of hydrogen-bond acceptors (Lipinski definition) is 5. The van der Waals surface area contributed by atoms with Crippen molar-refractivity contribution in [2.45, 2.75) is 33.1 Å². The van der Waals surface area contributed by atoms with Crippen molar-refractivity contribution in [2.24, 2.45) is 0 Å². The van der Waals surface area contributed by atoms with Crippen LogP contribution in [-0.4, -0.2) is 37.9 Å². The third-order valence-electron chi connectivity index (χ3n) is 2.83. The molecule has 0 radical (unpaired) electrons. The Morgan fingerprint density at radius 3 is 2.23 bits per heavy atom. The first-order valence-corrected chi connectivity index (χ1v) is 7.03. The zero-order valence-corrected chi connectivity index (χ0v) is 13.9. The van der Waals surface area contributed by atoms with Crippen LogP contribution in [0.4, 0.5) is 9.59 Å². The molecule has 0 spiro atoms. The highest BCUT2D eigenvalue weighted by molar-refractivity contribution is 5.72. The molecule has 1 rings (SSSR count). The van der Waals surface area contributed by atoms with E-state index in [1.807, 2.05) is 26.8 Å². The van der Waals surface area contributed by atoms with Crippen molar-refractivity contribution in [1.82, 2.24) is 4.90 Å². The summed E-state index contributed by atoms with van der Waals surface area (Å²) in [4.78, 5) is 24.5. The minimum atomic E-state index is -0.837. The lowest BCUT2D eigenvalue weighted by molar-refractivity contribution is 0.102. The second-order valence-electron chi connectivity index (χ2n) is 5.96. The van der Waals surface area contributed by atoms with Gasteiger partial charge in [0, 0.05) is 14.1 Å². The number of rotatable bonds is 3. The molecule has 0 saturated carbocycles. The van der Waals surface area contributed by atoms with Crippen LogP contribution in [0.15, 0.2) is 18.2 Å². The Kier molecular flexibility index (Phi) is 5.79. The molecule has 0 aromatic heterocycles. The molecule has 0 aliphatic rings. The molecule has 0 heterocycles. The summed E-state index contributed by atoms with van der Waals surface area (Å²) in [7, 11) is 3.13. The Bertz CT molecular complexity index is 546. The smallest absolute Gasteiger partial charge is 0.434 e. The third-order valence-corrected chi connectivity index (χ3v) is 2.83. The lowest BCUT2D eigenvalue weighted by Crippen LogP contribution is -2.25. The fourth-order valence-electron chi connectivity index (χ4n) is 1.56. The number of ether oxygens (including phenoxy) is 3. The van der Waals surface area contributed by atoms with Crippen molar-refractivity contribution in [1.29, 1.82) is 0 Å². The predicted molar refractivity (Wildman–Crippen MR) is 82.5 cm³/mol. The van der Waals surface area contributed by atoms with E-state index in [0.717, 1.165) is 5.56 Å². The highest BCUT2D eigenvalue weighted by Crippen LogP contribution is 2.34. The Labute approximate surface area is 131 Å². The Morgan fingerprint density at radius 1 is 1.09 bits per heavy atom. The first kappa shape index (κ1) is 17.8. The molecular weight excluding hydrogens is 286 g/mol. The van der Waals surface area contributed by atoms with E-state index in [1.54, 1.807) is 33.2 Å². The summed E-state index contributed by atoms with van der Waals surface area (Å²) < 4.78 is 15.1. The Morgan fingerprint density at radius 2 is 1.73 bits per heavy atom. The van der Waals surface area contributed by atoms with Crippen LogP contribution in [0.5, 0.6) is 11.5 Å². The summed E-state index contributed by atoms with van der Waals surface area (Å²) in [5, 5.41) is 0. The zero-order chi connectivity index (χ0) is 16.9. The standard InChI is InChI=1S/C16H23NO5/c1-7-20-15(19)22-13-10-11(16(2,3)4)8-9-12(13)21-14(18)17(5)6/h8-10H,7H2,1-6H3. The van der Waals surface area contributed by atoms with Crippen molar-refractivity contribution in [3.63, 3.8) is 0 Å². The van der Waals surface area contributed by atoms with Crippen molar-refractivity contribution >= 4 is 12.2 Å². The minimum Gasteiger partial charge on any atom is -0.434 e. The first-order chi connectivity index (χ1) is 10.1. The van der Waals surface area contributed by atoms with Gasteiger partial charge in [-0.1, -0.05) is 26.8 Å². The van der Waals surface area contributed by atoms with Crippen LogP contribution >= 0.6 is 0 Å². The molecule has 0 aliphatic heterocycles. The maximum atomic E-state index is 11.7. The van der Waals surface area contributed by atoms with Crippen LogP contribution in [-0.2, 0) is 10.2 Å².